The molecular weight excluding hydrogens is 213 g/mol. The molecule has 0 fully saturated rings. The lowest BCUT2D eigenvalue weighted by Crippen LogP contribution is -2.10. The summed E-state index contributed by atoms with van der Waals surface area (Å²) < 4.78 is 0. The van der Waals surface area contributed by atoms with Crippen molar-refractivity contribution in [3.63, 3.8) is 0 Å². The Morgan fingerprint density at radius 1 is 1.46 bits per heavy atom. The fourth-order valence-electron chi connectivity index (χ4n) is 0.904. The average molecular weight is 222 g/mol. The van der Waals surface area contributed by atoms with Crippen LogP contribution >= 0.6 is 23.2 Å². The van der Waals surface area contributed by atoms with Gasteiger partial charge in [-0.3, -0.25) is 0 Å². The van der Waals surface area contributed by atoms with Gasteiger partial charge < -0.3 is 9.94 Å². The number of hydrogen-bond acceptors (Lipinski definition) is 3. The summed E-state index contributed by atoms with van der Waals surface area (Å²) in [5.41, 5.74) is 3.18. The molecular formula is C8H9Cl2NO2. The first-order valence-corrected chi connectivity index (χ1v) is 4.33. The first-order valence-electron chi connectivity index (χ1n) is 3.58. The van der Waals surface area contributed by atoms with Crippen LogP contribution < -0.4 is 5.48 Å². The van der Waals surface area contributed by atoms with E-state index in [0.29, 0.717) is 17.1 Å². The summed E-state index contributed by atoms with van der Waals surface area (Å²) in [6, 6.07) is 3.10. The highest BCUT2D eigenvalue weighted by Gasteiger charge is 2.06. The summed E-state index contributed by atoms with van der Waals surface area (Å²) in [5, 5.41) is 10.2. The smallest absolute Gasteiger partial charge is 0.138 e. The minimum atomic E-state index is 0.0237. The van der Waals surface area contributed by atoms with Crippen LogP contribution in [-0.2, 0) is 11.4 Å². The number of nitrogens with one attached hydrogen (secondary N) is 1. The molecule has 0 aromatic heterocycles. The number of aromatic hydroxyl groups is 1. The van der Waals surface area contributed by atoms with Gasteiger partial charge in [0.1, 0.15) is 5.75 Å². The Balaban J connectivity index is 2.92. The summed E-state index contributed by atoms with van der Waals surface area (Å²) in [4.78, 5) is 4.63. The lowest BCUT2D eigenvalue weighted by atomic mass is 10.2. The maximum absolute atomic E-state index is 9.46. The first kappa shape index (κ1) is 10.6. The van der Waals surface area contributed by atoms with Crippen LogP contribution in [0.25, 0.3) is 0 Å². The van der Waals surface area contributed by atoms with Gasteiger partial charge in [0.05, 0.1) is 12.1 Å². The number of rotatable bonds is 3. The van der Waals surface area contributed by atoms with E-state index in [1.165, 1.54) is 13.2 Å². The van der Waals surface area contributed by atoms with E-state index in [9.17, 15) is 5.11 Å². The van der Waals surface area contributed by atoms with Gasteiger partial charge in [0, 0.05) is 17.1 Å². The molecule has 0 radical (unpaired) electrons. The second-order valence-electron chi connectivity index (χ2n) is 2.42. The molecule has 0 unspecified atom stereocenters. The molecule has 0 aliphatic carbocycles. The fourth-order valence-corrected chi connectivity index (χ4v) is 1.44. The van der Waals surface area contributed by atoms with E-state index in [4.69, 9.17) is 23.2 Å². The zero-order chi connectivity index (χ0) is 9.84. The van der Waals surface area contributed by atoms with Crippen molar-refractivity contribution in [3.05, 3.63) is 27.7 Å². The average Bonchev–Trinajstić information content (AvgIpc) is 2.09. The summed E-state index contributed by atoms with van der Waals surface area (Å²) in [5.74, 6) is 0.0237. The highest BCUT2D eigenvalue weighted by Crippen LogP contribution is 2.30. The minimum Gasteiger partial charge on any atom is -0.506 e. The lowest BCUT2D eigenvalue weighted by Gasteiger charge is -2.06. The highest BCUT2D eigenvalue weighted by atomic mass is 35.5. The van der Waals surface area contributed by atoms with Crippen LogP contribution in [0.1, 0.15) is 5.56 Å². The van der Waals surface area contributed by atoms with Crippen LogP contribution in [0.2, 0.25) is 10.0 Å². The van der Waals surface area contributed by atoms with Crippen molar-refractivity contribution in [3.8, 4) is 5.75 Å². The van der Waals surface area contributed by atoms with E-state index in [0.717, 1.165) is 0 Å². The fraction of sp³-hybridized carbons (Fsp3) is 0.250. The number of phenols is 1. The van der Waals surface area contributed by atoms with E-state index in [1.807, 2.05) is 0 Å². The maximum atomic E-state index is 9.46. The van der Waals surface area contributed by atoms with Gasteiger partial charge in [-0.05, 0) is 12.1 Å². The summed E-state index contributed by atoms with van der Waals surface area (Å²) in [6.45, 7) is 0.350. The lowest BCUT2D eigenvalue weighted by molar-refractivity contribution is 0.0861. The van der Waals surface area contributed by atoms with E-state index in [-0.39, 0.29) is 10.8 Å². The molecule has 0 atom stereocenters. The van der Waals surface area contributed by atoms with E-state index in [2.05, 4.69) is 10.3 Å². The van der Waals surface area contributed by atoms with E-state index >= 15 is 0 Å². The molecule has 0 heterocycles. The largest absolute Gasteiger partial charge is 0.506 e. The van der Waals surface area contributed by atoms with Gasteiger partial charge >= 0.3 is 0 Å². The Bertz CT molecular complexity index is 304. The zero-order valence-electron chi connectivity index (χ0n) is 6.97. The van der Waals surface area contributed by atoms with E-state index < -0.39 is 0 Å². The quantitative estimate of drug-likeness (QED) is 0.771. The predicted octanol–water partition coefficient (Wildman–Crippen LogP) is 2.35. The third kappa shape index (κ3) is 2.74. The molecule has 2 N–H and O–H groups in total. The Morgan fingerprint density at radius 2 is 2.15 bits per heavy atom. The van der Waals surface area contributed by atoms with Crippen LogP contribution in [0.15, 0.2) is 12.1 Å². The highest BCUT2D eigenvalue weighted by molar-refractivity contribution is 6.35. The van der Waals surface area contributed by atoms with Crippen LogP contribution in [-0.4, -0.2) is 12.2 Å². The van der Waals surface area contributed by atoms with Gasteiger partial charge in [-0.1, -0.05) is 23.2 Å². The third-order valence-electron chi connectivity index (χ3n) is 1.51. The second-order valence-corrected chi connectivity index (χ2v) is 3.26. The molecule has 0 saturated carbocycles. The monoisotopic (exact) mass is 221 g/mol. The number of benzene rings is 1. The van der Waals surface area contributed by atoms with Crippen LogP contribution in [0.5, 0.6) is 5.75 Å². The molecule has 1 aromatic carbocycles. The molecule has 0 aliphatic rings. The molecule has 13 heavy (non-hydrogen) atoms. The van der Waals surface area contributed by atoms with Crippen molar-refractivity contribution in [2.75, 3.05) is 7.11 Å². The zero-order valence-corrected chi connectivity index (χ0v) is 8.49. The van der Waals surface area contributed by atoms with Gasteiger partial charge in [-0.25, -0.2) is 0 Å². The third-order valence-corrected chi connectivity index (χ3v) is 2.02. The topological polar surface area (TPSA) is 41.5 Å². The van der Waals surface area contributed by atoms with Gasteiger partial charge in [0.15, 0.2) is 0 Å². The Morgan fingerprint density at radius 3 is 2.77 bits per heavy atom. The normalized spacial score (nSPS) is 10.4. The van der Waals surface area contributed by atoms with Crippen molar-refractivity contribution < 1.29 is 9.94 Å². The second kappa shape index (κ2) is 4.67. The molecule has 1 aromatic rings. The predicted molar refractivity (Wildman–Crippen MR) is 52.0 cm³/mol. The molecule has 72 valence electrons. The van der Waals surface area contributed by atoms with Crippen molar-refractivity contribution >= 4 is 23.2 Å². The van der Waals surface area contributed by atoms with Crippen molar-refractivity contribution in [2.45, 2.75) is 6.54 Å². The number of phenolic OH excluding ortho intramolecular Hbond substituents is 1. The van der Waals surface area contributed by atoms with Gasteiger partial charge in [-0.15, -0.1) is 0 Å². The van der Waals surface area contributed by atoms with Gasteiger partial charge in [0.25, 0.3) is 0 Å². The summed E-state index contributed by atoms with van der Waals surface area (Å²) in [7, 11) is 1.49. The first-order chi connectivity index (χ1) is 6.15. The standard InChI is InChI=1S/C8H9Cl2NO2/c1-13-11-4-5-2-6(9)3-7(10)8(5)12/h2-3,11-12H,4H2,1H3. The molecule has 0 bridgehead atoms. The molecule has 0 spiro atoms. The molecule has 1 rings (SSSR count). The van der Waals surface area contributed by atoms with Crippen molar-refractivity contribution in [2.24, 2.45) is 0 Å². The minimum absolute atomic E-state index is 0.0237. The Kier molecular flexibility index (Phi) is 3.81. The molecule has 0 amide bonds. The Labute approximate surface area is 86.2 Å². The van der Waals surface area contributed by atoms with Gasteiger partial charge in [0.2, 0.25) is 0 Å². The van der Waals surface area contributed by atoms with E-state index in [1.54, 1.807) is 6.07 Å². The van der Waals surface area contributed by atoms with Gasteiger partial charge in [-0.2, -0.15) is 5.48 Å². The molecule has 0 saturated heterocycles. The Hall–Kier alpha value is -0.480. The SMILES string of the molecule is CONCc1cc(Cl)cc(Cl)c1O. The van der Waals surface area contributed by atoms with Crippen LogP contribution in [0, 0.1) is 0 Å². The molecule has 3 nitrogen and oxygen atoms in total. The van der Waals surface area contributed by atoms with Crippen LogP contribution in [0.4, 0.5) is 0 Å². The summed E-state index contributed by atoms with van der Waals surface area (Å²) in [6.07, 6.45) is 0. The number of halogens is 2. The molecule has 0 aliphatic heterocycles. The molecule has 5 heteroatoms. The number of hydrogen-bond donors (Lipinski definition) is 2. The van der Waals surface area contributed by atoms with Crippen molar-refractivity contribution in [1.82, 2.24) is 5.48 Å². The number of hydroxylamine groups is 1. The summed E-state index contributed by atoms with van der Waals surface area (Å²) >= 11 is 11.4. The van der Waals surface area contributed by atoms with Crippen LogP contribution in [0.3, 0.4) is 0 Å². The maximum Gasteiger partial charge on any atom is 0.138 e. The van der Waals surface area contributed by atoms with Crippen molar-refractivity contribution in [1.29, 1.82) is 0 Å².